The number of hydrogen-bond acceptors (Lipinski definition) is 5. The number of halogens is 2. The lowest BCUT2D eigenvalue weighted by molar-refractivity contribution is -0.140. The molecule has 5 rings (SSSR count). The number of carboxylic acid groups (broad SMARTS) is 1. The molecular formula is C23H17ClFN3O2S. The third-order valence-electron chi connectivity index (χ3n) is 5.70. The first-order chi connectivity index (χ1) is 15.0. The van der Waals surface area contributed by atoms with Crippen LogP contribution < -0.4 is 4.90 Å². The van der Waals surface area contributed by atoms with Gasteiger partial charge in [0.1, 0.15) is 11.9 Å². The second-order valence-electron chi connectivity index (χ2n) is 7.44. The number of nitrogens with zero attached hydrogens (tertiary/aromatic N) is 3. The number of thiazole rings is 1. The summed E-state index contributed by atoms with van der Waals surface area (Å²) in [6.45, 7) is 0.612. The van der Waals surface area contributed by atoms with Gasteiger partial charge in [0.05, 0.1) is 15.7 Å². The minimum absolute atomic E-state index is 0.342. The topological polar surface area (TPSA) is 66.3 Å². The fourth-order valence-corrected chi connectivity index (χ4v) is 4.86. The molecule has 5 nitrogen and oxygen atoms in total. The van der Waals surface area contributed by atoms with Gasteiger partial charge < -0.3 is 10.0 Å². The normalized spacial score (nSPS) is 17.9. The molecule has 1 fully saturated rings. The molecule has 0 amide bonds. The van der Waals surface area contributed by atoms with Crippen LogP contribution in [0.3, 0.4) is 0 Å². The van der Waals surface area contributed by atoms with Crippen LogP contribution in [0.2, 0.25) is 5.02 Å². The lowest BCUT2D eigenvalue weighted by Gasteiger charge is -2.39. The van der Waals surface area contributed by atoms with E-state index < -0.39 is 17.7 Å². The van der Waals surface area contributed by atoms with Crippen molar-refractivity contribution in [3.05, 3.63) is 88.0 Å². The minimum Gasteiger partial charge on any atom is -0.480 e. The SMILES string of the molecule is O=C(O)C1CCN1c1ccc(C(F)(c2cccc(Cl)c2)c2ccc3ncsc3c2)cn1. The Morgan fingerprint density at radius 3 is 2.61 bits per heavy atom. The van der Waals surface area contributed by atoms with Crippen molar-refractivity contribution < 1.29 is 14.3 Å². The average Bonchev–Trinajstić information content (AvgIpc) is 3.20. The predicted molar refractivity (Wildman–Crippen MR) is 120 cm³/mol. The van der Waals surface area contributed by atoms with Crippen LogP contribution in [0.25, 0.3) is 10.2 Å². The lowest BCUT2D eigenvalue weighted by atomic mass is 9.82. The van der Waals surface area contributed by atoms with Gasteiger partial charge in [-0.3, -0.25) is 0 Å². The molecule has 4 aromatic rings. The van der Waals surface area contributed by atoms with Crippen molar-refractivity contribution in [2.75, 3.05) is 11.4 Å². The van der Waals surface area contributed by atoms with Gasteiger partial charge in [0.2, 0.25) is 0 Å². The van der Waals surface area contributed by atoms with Crippen LogP contribution in [0, 0.1) is 0 Å². The van der Waals surface area contributed by atoms with E-state index in [0.717, 1.165) is 10.2 Å². The van der Waals surface area contributed by atoms with E-state index >= 15 is 4.39 Å². The molecule has 0 aliphatic carbocycles. The molecule has 1 aliphatic heterocycles. The van der Waals surface area contributed by atoms with Crippen LogP contribution >= 0.6 is 22.9 Å². The molecule has 2 atom stereocenters. The Labute approximate surface area is 186 Å². The Kier molecular flexibility index (Phi) is 4.87. The fraction of sp³-hybridized carbons (Fsp3) is 0.174. The predicted octanol–water partition coefficient (Wildman–Crippen LogP) is 5.27. The second-order valence-corrected chi connectivity index (χ2v) is 8.77. The molecule has 156 valence electrons. The molecule has 3 heterocycles. The van der Waals surface area contributed by atoms with Gasteiger partial charge in [-0.2, -0.15) is 0 Å². The summed E-state index contributed by atoms with van der Waals surface area (Å²) in [5.74, 6) is -0.359. The maximum Gasteiger partial charge on any atom is 0.326 e. The molecule has 8 heteroatoms. The van der Waals surface area contributed by atoms with Crippen LogP contribution in [0.4, 0.5) is 10.2 Å². The zero-order valence-electron chi connectivity index (χ0n) is 16.2. The molecule has 1 aliphatic rings. The van der Waals surface area contributed by atoms with Crippen molar-refractivity contribution in [2.24, 2.45) is 0 Å². The molecule has 0 saturated carbocycles. The van der Waals surface area contributed by atoms with Crippen LogP contribution in [0.15, 0.2) is 66.3 Å². The first kappa shape index (κ1) is 19.9. The van der Waals surface area contributed by atoms with Gasteiger partial charge in [-0.15, -0.1) is 11.3 Å². The Bertz CT molecular complexity index is 1280. The number of pyridine rings is 1. The van der Waals surface area contributed by atoms with Crippen LogP contribution in [-0.4, -0.2) is 33.6 Å². The molecule has 0 bridgehead atoms. The second kappa shape index (κ2) is 7.59. The number of rotatable bonds is 5. The van der Waals surface area contributed by atoms with Gasteiger partial charge in [0, 0.05) is 23.3 Å². The smallest absolute Gasteiger partial charge is 0.326 e. The Morgan fingerprint density at radius 1 is 1.13 bits per heavy atom. The summed E-state index contributed by atoms with van der Waals surface area (Å²) in [6.07, 6.45) is 2.05. The summed E-state index contributed by atoms with van der Waals surface area (Å²) in [5, 5.41) is 9.73. The van der Waals surface area contributed by atoms with Gasteiger partial charge >= 0.3 is 5.97 Å². The Hall–Kier alpha value is -3.03. The number of aliphatic carboxylic acids is 1. The number of hydrogen-bond donors (Lipinski definition) is 1. The number of benzene rings is 2. The van der Waals surface area contributed by atoms with Crippen LogP contribution in [0.5, 0.6) is 0 Å². The molecule has 0 radical (unpaired) electrons. The van der Waals surface area contributed by atoms with E-state index in [-0.39, 0.29) is 0 Å². The van der Waals surface area contributed by atoms with E-state index in [4.69, 9.17) is 11.6 Å². The summed E-state index contributed by atoms with van der Waals surface area (Å²) < 4.78 is 17.9. The fourth-order valence-electron chi connectivity index (χ4n) is 3.95. The van der Waals surface area contributed by atoms with E-state index in [1.54, 1.807) is 65.0 Å². The molecule has 0 spiro atoms. The van der Waals surface area contributed by atoms with E-state index in [1.165, 1.54) is 17.5 Å². The highest BCUT2D eigenvalue weighted by Gasteiger charge is 2.39. The van der Waals surface area contributed by atoms with E-state index in [2.05, 4.69) is 9.97 Å². The van der Waals surface area contributed by atoms with Crippen molar-refractivity contribution in [2.45, 2.75) is 18.1 Å². The van der Waals surface area contributed by atoms with E-state index in [1.807, 2.05) is 0 Å². The molecule has 1 saturated heterocycles. The molecule has 2 aromatic carbocycles. The molecule has 1 N–H and O–H groups in total. The number of anilines is 1. The standard InChI is InChI=1S/C23H17ClFN3O2S/c24-17-3-1-2-14(10-17)23(25,15-4-6-18-20(11-15)31-13-27-18)16-5-7-21(26-12-16)28-9-8-19(28)22(29)30/h1-7,10-13,19H,8-9H2,(H,29,30). The van der Waals surface area contributed by atoms with Gasteiger partial charge in [-0.05, 0) is 53.9 Å². The van der Waals surface area contributed by atoms with Crippen LogP contribution in [-0.2, 0) is 10.5 Å². The molecule has 31 heavy (non-hydrogen) atoms. The van der Waals surface area contributed by atoms with E-state index in [9.17, 15) is 9.90 Å². The van der Waals surface area contributed by atoms with Gasteiger partial charge in [-0.25, -0.2) is 19.2 Å². The number of carboxylic acids is 1. The number of alkyl halides is 1. The largest absolute Gasteiger partial charge is 0.480 e. The Morgan fingerprint density at radius 2 is 1.94 bits per heavy atom. The van der Waals surface area contributed by atoms with Gasteiger partial charge in [0.25, 0.3) is 0 Å². The van der Waals surface area contributed by atoms with Crippen LogP contribution in [0.1, 0.15) is 23.1 Å². The lowest BCUT2D eigenvalue weighted by Crippen LogP contribution is -2.52. The number of aromatic nitrogens is 2. The molecular weight excluding hydrogens is 437 g/mol. The quantitative estimate of drug-likeness (QED) is 0.446. The van der Waals surface area contributed by atoms with Crippen molar-refractivity contribution in [3.8, 4) is 0 Å². The summed E-state index contributed by atoms with van der Waals surface area (Å²) in [6, 6.07) is 14.8. The highest BCUT2D eigenvalue weighted by Crippen LogP contribution is 2.43. The monoisotopic (exact) mass is 453 g/mol. The molecule has 2 aromatic heterocycles. The molecule has 2 unspecified atom stereocenters. The first-order valence-electron chi connectivity index (χ1n) is 9.71. The minimum atomic E-state index is -1.99. The van der Waals surface area contributed by atoms with Gasteiger partial charge in [0.15, 0.2) is 5.67 Å². The summed E-state index contributed by atoms with van der Waals surface area (Å²) >= 11 is 7.64. The average molecular weight is 454 g/mol. The maximum atomic E-state index is 17.0. The summed E-state index contributed by atoms with van der Waals surface area (Å²) in [5.41, 5.74) is 1.74. The van der Waals surface area contributed by atoms with Crippen molar-refractivity contribution >= 4 is 44.9 Å². The summed E-state index contributed by atoms with van der Waals surface area (Å²) in [7, 11) is 0. The van der Waals surface area contributed by atoms with Crippen molar-refractivity contribution in [1.29, 1.82) is 0 Å². The van der Waals surface area contributed by atoms with Crippen molar-refractivity contribution in [3.63, 3.8) is 0 Å². The Balaban J connectivity index is 1.61. The van der Waals surface area contributed by atoms with Crippen molar-refractivity contribution in [1.82, 2.24) is 9.97 Å². The first-order valence-corrected chi connectivity index (χ1v) is 11.0. The summed E-state index contributed by atoms with van der Waals surface area (Å²) in [4.78, 5) is 21.7. The zero-order valence-corrected chi connectivity index (χ0v) is 17.8. The maximum absolute atomic E-state index is 17.0. The number of carbonyl (C=O) groups is 1. The number of fused-ring (bicyclic) bond motifs is 1. The third kappa shape index (κ3) is 3.34. The third-order valence-corrected chi connectivity index (χ3v) is 6.72. The highest BCUT2D eigenvalue weighted by atomic mass is 35.5. The zero-order chi connectivity index (χ0) is 21.6. The highest BCUT2D eigenvalue weighted by molar-refractivity contribution is 7.16. The van der Waals surface area contributed by atoms with Gasteiger partial charge in [-0.1, -0.05) is 29.8 Å². The van der Waals surface area contributed by atoms with E-state index in [0.29, 0.717) is 40.5 Å².